The Balaban J connectivity index is 0.000000981. The van der Waals surface area contributed by atoms with Gasteiger partial charge in [-0.25, -0.2) is 0 Å². The number of hydrogen-bond acceptors (Lipinski definition) is 8. The first kappa shape index (κ1) is 32.7. The number of hydrogen-bond donors (Lipinski definition) is 8. The summed E-state index contributed by atoms with van der Waals surface area (Å²) in [5.74, 6) is 5.97. The van der Waals surface area contributed by atoms with Gasteiger partial charge in [-0.1, -0.05) is 51.4 Å². The van der Waals surface area contributed by atoms with Crippen molar-refractivity contribution in [3.05, 3.63) is 0 Å². The Morgan fingerprint density at radius 3 is 0.488 bits per heavy atom. The zero-order valence-corrected chi connectivity index (χ0v) is 26.8. The number of rotatable bonds is 0. The molecule has 9 rings (SSSR count). The molecule has 8 bridgehead atoms. The zero-order chi connectivity index (χ0) is 28.2. The fraction of sp³-hybridized carbons (Fsp3) is 1.00. The number of nitrogens with one attached hydrogen (secondary N) is 8. The van der Waals surface area contributed by atoms with Crippen LogP contribution in [0, 0.1) is 47.3 Å². The molecule has 0 amide bonds. The van der Waals surface area contributed by atoms with Crippen molar-refractivity contribution in [1.82, 2.24) is 42.5 Å². The predicted molar refractivity (Wildman–Crippen MR) is 179 cm³/mol. The van der Waals surface area contributed by atoms with Crippen LogP contribution in [0.4, 0.5) is 0 Å². The standard InChI is InChI=1S/C32H56N8.Cl2.In.3H/c1-2-10-18-17(9-1)25-33-26(18)38-28-21-13-5-6-14-22(21)30(35-28)40-32-24-16-8-7-15-23(24)31(36-32)39-29-20-12-4-3-11-19(20)27(34-29)37-25;1-2;;;;/h17-40H,1-16H2;;;;;. The van der Waals surface area contributed by atoms with Crippen molar-refractivity contribution in [3.63, 3.8) is 0 Å². The molecule has 5 aliphatic heterocycles. The summed E-state index contributed by atoms with van der Waals surface area (Å²) in [5, 5.41) is 33.8. The molecule has 8 nitrogen and oxygen atoms in total. The maximum atomic E-state index is 4.26. The Kier molecular flexibility index (Phi) is 10.9. The quantitative estimate of drug-likeness (QED) is 0.193. The van der Waals surface area contributed by atoms with E-state index in [0.29, 0.717) is 49.3 Å². The van der Waals surface area contributed by atoms with Gasteiger partial charge in [0.2, 0.25) is 0 Å². The molecule has 9 fully saturated rings. The molecule has 0 spiro atoms. The molecule has 0 aromatic carbocycles. The Labute approximate surface area is 288 Å². The van der Waals surface area contributed by atoms with E-state index in [0.717, 1.165) is 47.3 Å². The van der Waals surface area contributed by atoms with Gasteiger partial charge in [-0.2, -0.15) is 0 Å². The molecule has 4 aliphatic carbocycles. The SMILES string of the molecule is C1CCC2C3NC(NC4NC(NC5NC(NC6NC(N3)C3CCCCC63)C3CCCCC53)C3CCCCC43)C2C1.ClCl.[InH3]. The second-order valence-electron chi connectivity index (χ2n) is 15.6. The van der Waals surface area contributed by atoms with E-state index in [1.165, 1.54) is 103 Å². The van der Waals surface area contributed by atoms with Crippen molar-refractivity contribution in [2.45, 2.75) is 152 Å². The molecule has 0 aromatic rings. The maximum absolute atomic E-state index is 4.26. The van der Waals surface area contributed by atoms with Gasteiger partial charge < -0.3 is 0 Å². The molecule has 5 heterocycles. The first-order chi connectivity index (χ1) is 20.8. The van der Waals surface area contributed by atoms with Crippen molar-refractivity contribution in [2.24, 2.45) is 47.3 Å². The summed E-state index contributed by atoms with van der Waals surface area (Å²) in [5.41, 5.74) is 0. The summed E-state index contributed by atoms with van der Waals surface area (Å²) in [7, 11) is 8.22. The van der Waals surface area contributed by atoms with E-state index in [2.05, 4.69) is 64.2 Å². The number of fused-ring (bicyclic) bond motifs is 20. The Morgan fingerprint density at radius 1 is 0.256 bits per heavy atom. The van der Waals surface area contributed by atoms with Crippen LogP contribution < -0.4 is 42.5 Å². The monoisotopic (exact) mass is 740 g/mol. The van der Waals surface area contributed by atoms with E-state index >= 15 is 0 Å². The van der Waals surface area contributed by atoms with E-state index in [9.17, 15) is 0 Å². The third-order valence-corrected chi connectivity index (χ3v) is 13.8. The van der Waals surface area contributed by atoms with Crippen LogP contribution in [0.1, 0.15) is 103 Å². The molecule has 0 aromatic heterocycles. The molecular weight excluding hydrogens is 682 g/mol. The molecule has 43 heavy (non-hydrogen) atoms. The van der Waals surface area contributed by atoms with Gasteiger partial charge in [0.1, 0.15) is 0 Å². The minimum absolute atomic E-state index is 0. The van der Waals surface area contributed by atoms with Gasteiger partial charge in [-0.3, -0.25) is 42.5 Å². The van der Waals surface area contributed by atoms with Gasteiger partial charge in [-0.15, -0.1) is 0 Å². The van der Waals surface area contributed by atoms with Crippen LogP contribution in [-0.4, -0.2) is 75.2 Å². The first-order valence-electron chi connectivity index (χ1n) is 18.0. The molecule has 9 aliphatic rings. The molecule has 8 N–H and O–H groups in total. The molecule has 4 saturated carbocycles. The average Bonchev–Trinajstić information content (AvgIpc) is 3.78. The van der Waals surface area contributed by atoms with Crippen molar-refractivity contribution in [2.75, 3.05) is 0 Å². The topological polar surface area (TPSA) is 96.2 Å². The predicted octanol–water partition coefficient (Wildman–Crippen LogP) is 2.80. The molecule has 0 radical (unpaired) electrons. The third-order valence-electron chi connectivity index (χ3n) is 13.8. The van der Waals surface area contributed by atoms with Gasteiger partial charge in [-0.05, 0) is 98.7 Å². The molecule has 8 atom stereocenters. The molecular formula is C32H59Cl2InN8. The van der Waals surface area contributed by atoms with Crippen LogP contribution in [0.15, 0.2) is 0 Å². The van der Waals surface area contributed by atoms with Gasteiger partial charge in [0.25, 0.3) is 0 Å². The number of halogens is 2. The Hall–Kier alpha value is 1.13. The van der Waals surface area contributed by atoms with E-state index in [-0.39, 0.29) is 25.8 Å². The Morgan fingerprint density at radius 2 is 0.372 bits per heavy atom. The summed E-state index contributed by atoms with van der Waals surface area (Å²) in [6.07, 6.45) is 25.6. The third kappa shape index (κ3) is 6.13. The van der Waals surface area contributed by atoms with Gasteiger partial charge >= 0.3 is 25.8 Å². The summed E-state index contributed by atoms with van der Waals surface area (Å²) >= 11 is 0. The van der Waals surface area contributed by atoms with Crippen LogP contribution in [0.3, 0.4) is 0 Å². The van der Waals surface area contributed by atoms with E-state index < -0.39 is 0 Å². The van der Waals surface area contributed by atoms with Crippen LogP contribution in [-0.2, 0) is 0 Å². The Bertz CT molecular complexity index is 728. The fourth-order valence-corrected chi connectivity index (χ4v) is 12.0. The average molecular weight is 742 g/mol. The van der Waals surface area contributed by atoms with E-state index in [4.69, 9.17) is 0 Å². The normalized spacial score (nSPS) is 53.7. The van der Waals surface area contributed by atoms with Crippen molar-refractivity contribution < 1.29 is 0 Å². The van der Waals surface area contributed by atoms with Gasteiger partial charge in [0.05, 0.1) is 49.3 Å². The van der Waals surface area contributed by atoms with E-state index in [1.807, 2.05) is 0 Å². The molecule has 5 saturated heterocycles. The molecule has 11 heteroatoms. The second-order valence-corrected chi connectivity index (χ2v) is 15.6. The summed E-state index contributed by atoms with van der Waals surface area (Å²) in [4.78, 5) is 0. The second kappa shape index (κ2) is 14.3. The van der Waals surface area contributed by atoms with Crippen molar-refractivity contribution in [1.29, 1.82) is 0 Å². The fourth-order valence-electron chi connectivity index (χ4n) is 12.0. The first-order valence-corrected chi connectivity index (χ1v) is 19.2. The van der Waals surface area contributed by atoms with Crippen molar-refractivity contribution >= 4 is 47.6 Å². The molecule has 244 valence electrons. The van der Waals surface area contributed by atoms with Crippen molar-refractivity contribution in [3.8, 4) is 0 Å². The van der Waals surface area contributed by atoms with Gasteiger partial charge in [0, 0.05) is 21.7 Å². The van der Waals surface area contributed by atoms with E-state index in [1.54, 1.807) is 0 Å². The van der Waals surface area contributed by atoms with Crippen LogP contribution in [0.5, 0.6) is 0 Å². The van der Waals surface area contributed by atoms with Gasteiger partial charge in [0.15, 0.2) is 0 Å². The molecule has 8 unspecified atom stereocenters. The zero-order valence-electron chi connectivity index (χ0n) is 25.3. The van der Waals surface area contributed by atoms with Crippen LogP contribution >= 0.6 is 21.7 Å². The summed E-state index contributed by atoms with van der Waals surface area (Å²) < 4.78 is 0. The summed E-state index contributed by atoms with van der Waals surface area (Å²) in [6, 6.07) is 0. The van der Waals surface area contributed by atoms with Crippen LogP contribution in [0.2, 0.25) is 0 Å². The van der Waals surface area contributed by atoms with Crippen LogP contribution in [0.25, 0.3) is 0 Å². The summed E-state index contributed by atoms with van der Waals surface area (Å²) in [6.45, 7) is 0. The minimum atomic E-state index is 0.